The van der Waals surface area contributed by atoms with Crippen LogP contribution < -0.4 is 16.0 Å². The monoisotopic (exact) mass is 329 g/mol. The zero-order chi connectivity index (χ0) is 17.2. The fourth-order valence-corrected chi connectivity index (χ4v) is 2.36. The molecule has 0 aliphatic rings. The van der Waals surface area contributed by atoms with Crippen LogP contribution in [0.4, 0.5) is 13.2 Å². The highest BCUT2D eigenvalue weighted by Crippen LogP contribution is 2.30. The second kappa shape index (κ2) is 6.19. The number of nitrogens with two attached hydrogens (primary N) is 1. The first-order valence-corrected chi connectivity index (χ1v) is 6.58. The minimum atomic E-state index is -4.79. The fraction of sp³-hybridized carbons (Fsp3) is 0.286. The number of rotatable bonds is 5. The Labute approximate surface area is 128 Å². The third-order valence-corrected chi connectivity index (χ3v) is 3.28. The minimum absolute atomic E-state index is 0.152. The van der Waals surface area contributed by atoms with Crippen LogP contribution in [0.1, 0.15) is 29.2 Å². The summed E-state index contributed by atoms with van der Waals surface area (Å²) < 4.78 is 40.3. The van der Waals surface area contributed by atoms with Crippen LogP contribution in [-0.2, 0) is 4.79 Å². The molecule has 124 valence electrons. The van der Waals surface area contributed by atoms with Crippen molar-refractivity contribution in [2.45, 2.75) is 25.6 Å². The van der Waals surface area contributed by atoms with Gasteiger partial charge in [-0.05, 0) is 24.6 Å². The second-order valence-electron chi connectivity index (χ2n) is 4.96. The van der Waals surface area contributed by atoms with E-state index in [4.69, 9.17) is 5.73 Å². The fourth-order valence-electron chi connectivity index (χ4n) is 2.36. The van der Waals surface area contributed by atoms with Crippen molar-refractivity contribution in [1.82, 2.24) is 10.2 Å². The maximum absolute atomic E-state index is 12.2. The van der Waals surface area contributed by atoms with E-state index in [0.717, 1.165) is 12.1 Å². The van der Waals surface area contributed by atoms with Crippen LogP contribution >= 0.6 is 0 Å². The third kappa shape index (κ3) is 4.15. The molecule has 0 aliphatic carbocycles. The number of benzene rings is 1. The van der Waals surface area contributed by atoms with Gasteiger partial charge in [0.15, 0.2) is 0 Å². The van der Waals surface area contributed by atoms with E-state index in [1.165, 1.54) is 12.1 Å². The van der Waals surface area contributed by atoms with Gasteiger partial charge in [-0.25, -0.2) is 0 Å². The summed E-state index contributed by atoms with van der Waals surface area (Å²) in [5.74, 6) is -1.69. The summed E-state index contributed by atoms with van der Waals surface area (Å²) in [4.78, 5) is 23.2. The zero-order valence-electron chi connectivity index (χ0n) is 12.0. The van der Waals surface area contributed by atoms with E-state index in [0.29, 0.717) is 16.8 Å². The molecule has 0 spiro atoms. The number of hydrogen-bond donors (Lipinski definition) is 3. The molecule has 0 fully saturated rings. The van der Waals surface area contributed by atoms with Crippen molar-refractivity contribution < 1.29 is 22.7 Å². The molecule has 0 bridgehead atoms. The molecular weight excluding hydrogens is 315 g/mol. The summed E-state index contributed by atoms with van der Waals surface area (Å²) in [5, 5.41) is 5.04. The average molecular weight is 329 g/mol. The molecule has 2 rings (SSSR count). The number of nitrogens with one attached hydrogen (secondary N) is 2. The highest BCUT2D eigenvalue weighted by molar-refractivity contribution is 5.75. The first-order valence-electron chi connectivity index (χ1n) is 6.58. The van der Waals surface area contributed by atoms with Crippen LogP contribution in [0.25, 0.3) is 0 Å². The summed E-state index contributed by atoms with van der Waals surface area (Å²) in [5.41, 5.74) is 6.12. The Morgan fingerprint density at radius 3 is 2.30 bits per heavy atom. The molecule has 1 aromatic heterocycles. The Bertz CT molecular complexity index is 747. The van der Waals surface area contributed by atoms with Crippen LogP contribution in [-0.4, -0.2) is 22.5 Å². The van der Waals surface area contributed by atoms with Gasteiger partial charge in [0, 0.05) is 23.6 Å². The van der Waals surface area contributed by atoms with E-state index >= 15 is 0 Å². The first kappa shape index (κ1) is 16.7. The van der Waals surface area contributed by atoms with Crippen LogP contribution in [0.3, 0.4) is 0 Å². The predicted molar refractivity (Wildman–Crippen MR) is 74.9 cm³/mol. The van der Waals surface area contributed by atoms with E-state index in [-0.39, 0.29) is 6.42 Å². The zero-order valence-corrected chi connectivity index (χ0v) is 12.0. The smallest absolute Gasteiger partial charge is 0.406 e. The molecule has 1 atom stereocenters. The Morgan fingerprint density at radius 1 is 1.26 bits per heavy atom. The van der Waals surface area contributed by atoms with Gasteiger partial charge in [0.05, 0.1) is 0 Å². The van der Waals surface area contributed by atoms with Crippen molar-refractivity contribution in [2.24, 2.45) is 5.73 Å². The maximum Gasteiger partial charge on any atom is 0.573 e. The van der Waals surface area contributed by atoms with Gasteiger partial charge in [-0.3, -0.25) is 14.7 Å². The summed E-state index contributed by atoms with van der Waals surface area (Å²) >= 11 is 0. The SMILES string of the molecule is Cc1[nH][nH]c(=O)c1[C@@H](CC(N)=O)c1ccc(OC(F)(F)F)cc1. The standard InChI is InChI=1S/C14H14F3N3O3/c1-7-12(13(22)20-19-7)10(6-11(18)21)8-2-4-9(5-3-8)23-14(15,16)17/h2-5,10H,6H2,1H3,(H2,18,21)(H2,19,20,22)/t10-/m0/s1. The molecule has 0 unspecified atom stereocenters. The van der Waals surface area contributed by atoms with Crippen molar-refractivity contribution in [3.05, 3.63) is 51.4 Å². The van der Waals surface area contributed by atoms with E-state index in [1.807, 2.05) is 0 Å². The molecule has 1 amide bonds. The Morgan fingerprint density at radius 2 is 1.87 bits per heavy atom. The molecule has 23 heavy (non-hydrogen) atoms. The molecule has 6 nitrogen and oxygen atoms in total. The van der Waals surface area contributed by atoms with Gasteiger partial charge in [-0.1, -0.05) is 12.1 Å². The number of carbonyl (C=O) groups is 1. The number of amides is 1. The van der Waals surface area contributed by atoms with E-state index in [9.17, 15) is 22.8 Å². The first-order chi connectivity index (χ1) is 10.7. The van der Waals surface area contributed by atoms with Gasteiger partial charge in [0.25, 0.3) is 5.56 Å². The van der Waals surface area contributed by atoms with Gasteiger partial charge in [-0.15, -0.1) is 13.2 Å². The minimum Gasteiger partial charge on any atom is -0.406 e. The van der Waals surface area contributed by atoms with Crippen molar-refractivity contribution >= 4 is 5.91 Å². The van der Waals surface area contributed by atoms with E-state index < -0.39 is 29.5 Å². The lowest BCUT2D eigenvalue weighted by Crippen LogP contribution is -2.21. The second-order valence-corrected chi connectivity index (χ2v) is 4.96. The Kier molecular flexibility index (Phi) is 4.48. The van der Waals surface area contributed by atoms with Gasteiger partial charge in [0.2, 0.25) is 5.91 Å². The van der Waals surface area contributed by atoms with E-state index in [1.54, 1.807) is 6.92 Å². The number of primary amides is 1. The summed E-state index contributed by atoms with van der Waals surface area (Å²) in [6.45, 7) is 1.64. The molecule has 0 radical (unpaired) electrons. The maximum atomic E-state index is 12.2. The van der Waals surface area contributed by atoms with Crippen LogP contribution in [0, 0.1) is 6.92 Å². The Balaban J connectivity index is 2.37. The number of carbonyl (C=O) groups excluding carboxylic acids is 1. The number of aromatic amines is 2. The lowest BCUT2D eigenvalue weighted by Gasteiger charge is -2.16. The molecule has 0 saturated carbocycles. The number of hydrogen-bond acceptors (Lipinski definition) is 3. The van der Waals surface area contributed by atoms with E-state index in [2.05, 4.69) is 14.9 Å². The van der Waals surface area contributed by atoms with Crippen LogP contribution in [0.2, 0.25) is 0 Å². The number of H-pyrrole nitrogens is 2. The van der Waals surface area contributed by atoms with Gasteiger partial charge < -0.3 is 15.6 Å². The largest absolute Gasteiger partial charge is 0.573 e. The van der Waals surface area contributed by atoms with Crippen molar-refractivity contribution in [3.8, 4) is 5.75 Å². The number of ether oxygens (including phenoxy) is 1. The van der Waals surface area contributed by atoms with Gasteiger partial charge >= 0.3 is 6.36 Å². The predicted octanol–water partition coefficient (Wildman–Crippen LogP) is 1.92. The number of aromatic nitrogens is 2. The summed E-state index contributed by atoms with van der Waals surface area (Å²) in [6.07, 6.45) is -4.94. The van der Waals surface area contributed by atoms with Gasteiger partial charge in [-0.2, -0.15) is 0 Å². The topological polar surface area (TPSA) is 101 Å². The van der Waals surface area contributed by atoms with Crippen LogP contribution in [0.5, 0.6) is 5.75 Å². The molecule has 1 aromatic carbocycles. The molecule has 9 heteroatoms. The van der Waals surface area contributed by atoms with Crippen LogP contribution in [0.15, 0.2) is 29.1 Å². The molecule has 0 aliphatic heterocycles. The quantitative estimate of drug-likeness (QED) is 0.781. The highest BCUT2D eigenvalue weighted by Gasteiger charge is 2.31. The molecule has 1 heterocycles. The number of alkyl halides is 3. The molecule has 4 N–H and O–H groups in total. The number of aryl methyl sites for hydroxylation is 1. The molecule has 0 saturated heterocycles. The lowest BCUT2D eigenvalue weighted by atomic mass is 9.88. The molecule has 2 aromatic rings. The third-order valence-electron chi connectivity index (χ3n) is 3.28. The Hall–Kier alpha value is -2.71. The van der Waals surface area contributed by atoms with Crippen molar-refractivity contribution in [2.75, 3.05) is 0 Å². The average Bonchev–Trinajstić information content (AvgIpc) is 2.75. The summed E-state index contributed by atoms with van der Waals surface area (Å²) in [7, 11) is 0. The molecular formula is C14H14F3N3O3. The summed E-state index contributed by atoms with van der Waals surface area (Å²) in [6, 6.07) is 4.96. The van der Waals surface area contributed by atoms with Crippen molar-refractivity contribution in [1.29, 1.82) is 0 Å². The lowest BCUT2D eigenvalue weighted by molar-refractivity contribution is -0.274. The highest BCUT2D eigenvalue weighted by atomic mass is 19.4. The number of halogens is 3. The van der Waals surface area contributed by atoms with Crippen molar-refractivity contribution in [3.63, 3.8) is 0 Å². The normalized spacial score (nSPS) is 12.9. The van der Waals surface area contributed by atoms with Gasteiger partial charge in [0.1, 0.15) is 5.75 Å².